The zero-order chi connectivity index (χ0) is 20.1. The van der Waals surface area contributed by atoms with Crippen LogP contribution in [-0.4, -0.2) is 28.3 Å². The summed E-state index contributed by atoms with van der Waals surface area (Å²) in [5.74, 6) is -0.163. The van der Waals surface area contributed by atoms with E-state index in [1.165, 1.54) is 16.7 Å². The Morgan fingerprint density at radius 3 is 2.79 bits per heavy atom. The number of benzene rings is 1. The van der Waals surface area contributed by atoms with Gasteiger partial charge in [0.25, 0.3) is 5.56 Å². The van der Waals surface area contributed by atoms with E-state index in [9.17, 15) is 14.0 Å². The molecule has 2 aliphatic rings. The molecule has 1 saturated heterocycles. The average molecular weight is 385 g/mol. The van der Waals surface area contributed by atoms with Crippen LogP contribution >= 0.6 is 0 Å². The summed E-state index contributed by atoms with van der Waals surface area (Å²) in [6, 6.07) is 7.55. The minimum atomic E-state index is -0.474. The van der Waals surface area contributed by atoms with E-state index >= 15 is 0 Å². The summed E-state index contributed by atoms with van der Waals surface area (Å²) in [5, 5.41) is 5.79. The van der Waals surface area contributed by atoms with E-state index < -0.39 is 17.4 Å². The van der Waals surface area contributed by atoms with Gasteiger partial charge in [0.2, 0.25) is 0 Å². The summed E-state index contributed by atoms with van der Waals surface area (Å²) in [6.45, 7) is 6.32. The Morgan fingerprint density at radius 2 is 2.11 bits per heavy atom. The molecule has 28 heavy (non-hydrogen) atoms. The van der Waals surface area contributed by atoms with Crippen molar-refractivity contribution in [2.75, 3.05) is 11.9 Å². The van der Waals surface area contributed by atoms with E-state index in [1.807, 2.05) is 13.8 Å². The van der Waals surface area contributed by atoms with Crippen LogP contribution in [0.4, 0.5) is 14.9 Å². The number of hydrogen-bond donors (Lipinski definition) is 2. The van der Waals surface area contributed by atoms with Crippen LogP contribution in [0.15, 0.2) is 41.3 Å². The summed E-state index contributed by atoms with van der Waals surface area (Å²) in [7, 11) is 0. The molecule has 6 nitrogen and oxygen atoms in total. The molecule has 4 rings (SSSR count). The number of urea groups is 1. The first kappa shape index (κ1) is 18.7. The third-order valence-electron chi connectivity index (χ3n) is 6.07. The van der Waals surface area contributed by atoms with Gasteiger partial charge in [-0.15, -0.1) is 0 Å². The number of amides is 2. The van der Waals surface area contributed by atoms with Crippen LogP contribution in [0.1, 0.15) is 31.4 Å². The summed E-state index contributed by atoms with van der Waals surface area (Å²) < 4.78 is 21.7. The van der Waals surface area contributed by atoms with Crippen molar-refractivity contribution >= 4 is 11.7 Å². The first-order valence-electron chi connectivity index (χ1n) is 9.40. The topological polar surface area (TPSA) is 72.4 Å². The predicted molar refractivity (Wildman–Crippen MR) is 104 cm³/mol. The number of aromatic nitrogens is 1. The maximum absolute atomic E-state index is 14.5. The lowest BCUT2D eigenvalue weighted by molar-refractivity contribution is -0.00667. The second kappa shape index (κ2) is 6.44. The van der Waals surface area contributed by atoms with Crippen LogP contribution in [0.5, 0.6) is 0 Å². The second-order valence-electron chi connectivity index (χ2n) is 8.16. The quantitative estimate of drug-likeness (QED) is 0.850. The Labute approximate surface area is 162 Å². The zero-order valence-electron chi connectivity index (χ0n) is 16.2. The fraction of sp³-hybridized carbons (Fsp3) is 0.429. The first-order chi connectivity index (χ1) is 13.2. The molecular weight excluding hydrogens is 361 g/mol. The second-order valence-corrected chi connectivity index (χ2v) is 8.16. The number of ether oxygens (including phenoxy) is 1. The highest BCUT2D eigenvalue weighted by atomic mass is 19.1. The van der Waals surface area contributed by atoms with Crippen molar-refractivity contribution in [2.45, 2.75) is 44.9 Å². The number of aryl methyl sites for hydroxylation is 1. The van der Waals surface area contributed by atoms with E-state index in [0.717, 1.165) is 6.42 Å². The van der Waals surface area contributed by atoms with E-state index in [4.69, 9.17) is 4.74 Å². The van der Waals surface area contributed by atoms with Gasteiger partial charge in [-0.1, -0.05) is 12.1 Å². The third-order valence-corrected chi connectivity index (χ3v) is 6.07. The molecule has 7 heteroatoms. The molecule has 2 aromatic rings. The van der Waals surface area contributed by atoms with E-state index in [2.05, 4.69) is 10.6 Å². The molecule has 2 amide bonds. The minimum Gasteiger partial charge on any atom is -0.373 e. The lowest BCUT2D eigenvalue weighted by atomic mass is 9.96. The normalized spacial score (nSPS) is 24.5. The Balaban J connectivity index is 1.56. The number of halogens is 1. The number of carbonyl (C=O) groups is 1. The van der Waals surface area contributed by atoms with Crippen LogP contribution in [0.2, 0.25) is 0 Å². The standard InChI is InChI=1S/C21H24FN3O3/c1-13-6-5-9-25(18(13)26)11-15-16(22)7-4-8-17(15)23-19(27)24-21-10-14(21)12-28-20(21,2)3/h4-9,14H,10-12H2,1-3H3,(H2,23,24,27). The zero-order valence-corrected chi connectivity index (χ0v) is 16.2. The number of nitrogens with one attached hydrogen (secondary N) is 2. The van der Waals surface area contributed by atoms with E-state index in [-0.39, 0.29) is 23.2 Å². The van der Waals surface area contributed by atoms with Gasteiger partial charge in [-0.2, -0.15) is 0 Å². The number of carbonyl (C=O) groups excluding carboxylic acids is 1. The molecule has 1 saturated carbocycles. The number of fused-ring (bicyclic) bond motifs is 1. The van der Waals surface area contributed by atoms with Gasteiger partial charge >= 0.3 is 6.03 Å². The lowest BCUT2D eigenvalue weighted by Crippen LogP contribution is -2.52. The van der Waals surface area contributed by atoms with E-state index in [1.54, 1.807) is 31.3 Å². The minimum absolute atomic E-state index is 0.0329. The van der Waals surface area contributed by atoms with Crippen LogP contribution in [0.3, 0.4) is 0 Å². The van der Waals surface area contributed by atoms with Gasteiger partial charge in [-0.3, -0.25) is 4.79 Å². The Bertz CT molecular complexity index is 1000. The van der Waals surface area contributed by atoms with Gasteiger partial charge in [0.15, 0.2) is 0 Å². The van der Waals surface area contributed by atoms with E-state index in [0.29, 0.717) is 23.8 Å². The molecule has 0 radical (unpaired) electrons. The average Bonchev–Trinajstić information content (AvgIpc) is 3.28. The molecule has 2 unspecified atom stereocenters. The predicted octanol–water partition coefficient (Wildman–Crippen LogP) is 3.03. The van der Waals surface area contributed by atoms with Crippen molar-refractivity contribution in [2.24, 2.45) is 5.92 Å². The Hall–Kier alpha value is -2.67. The first-order valence-corrected chi connectivity index (χ1v) is 9.40. The number of anilines is 1. The van der Waals surface area contributed by atoms with Gasteiger partial charge in [-0.25, -0.2) is 9.18 Å². The number of rotatable bonds is 4. The molecule has 148 valence electrons. The summed E-state index contributed by atoms with van der Waals surface area (Å²) in [6.07, 6.45) is 2.49. The maximum Gasteiger partial charge on any atom is 0.319 e. The van der Waals surface area contributed by atoms with Gasteiger partial charge in [0.1, 0.15) is 5.82 Å². The number of pyridine rings is 1. The molecule has 1 aromatic heterocycles. The molecule has 2 heterocycles. The van der Waals surface area contributed by atoms with Gasteiger partial charge in [0, 0.05) is 23.2 Å². The highest BCUT2D eigenvalue weighted by Crippen LogP contribution is 2.57. The largest absolute Gasteiger partial charge is 0.373 e. The van der Waals surface area contributed by atoms with Crippen LogP contribution < -0.4 is 16.2 Å². The molecule has 2 atom stereocenters. The molecule has 1 aromatic carbocycles. The SMILES string of the molecule is Cc1cccn(Cc2c(F)cccc2NC(=O)NC23CC2COC3(C)C)c1=O. The fourth-order valence-corrected chi connectivity index (χ4v) is 4.15. The molecule has 2 N–H and O–H groups in total. The molecule has 1 aliphatic heterocycles. The Kier molecular flexibility index (Phi) is 4.30. The highest BCUT2D eigenvalue weighted by Gasteiger charge is 2.69. The smallest absolute Gasteiger partial charge is 0.319 e. The molecule has 0 bridgehead atoms. The summed E-state index contributed by atoms with van der Waals surface area (Å²) in [5.41, 5.74) is 0.180. The maximum atomic E-state index is 14.5. The van der Waals surface area contributed by atoms with Gasteiger partial charge in [0.05, 0.1) is 30.0 Å². The van der Waals surface area contributed by atoms with Crippen molar-refractivity contribution in [3.63, 3.8) is 0 Å². The van der Waals surface area contributed by atoms with Crippen LogP contribution in [-0.2, 0) is 11.3 Å². The lowest BCUT2D eigenvalue weighted by Gasteiger charge is -2.31. The van der Waals surface area contributed by atoms with Crippen molar-refractivity contribution in [1.29, 1.82) is 0 Å². The van der Waals surface area contributed by atoms with Gasteiger partial charge in [-0.05, 0) is 45.4 Å². The van der Waals surface area contributed by atoms with Crippen molar-refractivity contribution in [3.05, 3.63) is 63.8 Å². The summed E-state index contributed by atoms with van der Waals surface area (Å²) >= 11 is 0. The molecular formula is C21H24FN3O3. The highest BCUT2D eigenvalue weighted by molar-refractivity contribution is 5.91. The van der Waals surface area contributed by atoms with Gasteiger partial charge < -0.3 is 19.9 Å². The Morgan fingerprint density at radius 1 is 1.32 bits per heavy atom. The van der Waals surface area contributed by atoms with Crippen molar-refractivity contribution < 1.29 is 13.9 Å². The molecule has 2 fully saturated rings. The van der Waals surface area contributed by atoms with Crippen LogP contribution in [0.25, 0.3) is 0 Å². The molecule has 1 aliphatic carbocycles. The summed E-state index contributed by atoms with van der Waals surface area (Å²) in [4.78, 5) is 25.0. The monoisotopic (exact) mass is 385 g/mol. The third kappa shape index (κ3) is 2.99. The van der Waals surface area contributed by atoms with Crippen molar-refractivity contribution in [3.8, 4) is 0 Å². The van der Waals surface area contributed by atoms with Crippen molar-refractivity contribution in [1.82, 2.24) is 9.88 Å². The number of nitrogens with zero attached hydrogens (tertiary/aromatic N) is 1. The fourth-order valence-electron chi connectivity index (χ4n) is 4.15. The van der Waals surface area contributed by atoms with Crippen LogP contribution in [0, 0.1) is 18.7 Å². The molecule has 0 spiro atoms. The number of hydrogen-bond acceptors (Lipinski definition) is 3.